The van der Waals surface area contributed by atoms with Crippen LogP contribution in [0.4, 0.5) is 0 Å². The molecule has 0 aromatic heterocycles. The summed E-state index contributed by atoms with van der Waals surface area (Å²) in [6, 6.07) is 5.45. The van der Waals surface area contributed by atoms with Crippen molar-refractivity contribution in [1.29, 1.82) is 0 Å². The van der Waals surface area contributed by atoms with Crippen LogP contribution >= 0.6 is 12.2 Å². The van der Waals surface area contributed by atoms with Gasteiger partial charge in [0.1, 0.15) is 11.6 Å². The van der Waals surface area contributed by atoms with Gasteiger partial charge in [0.05, 0.1) is 13.2 Å². The fourth-order valence-corrected chi connectivity index (χ4v) is 1.71. The van der Waals surface area contributed by atoms with Crippen molar-refractivity contribution in [2.24, 2.45) is 11.7 Å². The van der Waals surface area contributed by atoms with Gasteiger partial charge in [-0.05, 0) is 31.0 Å². The van der Waals surface area contributed by atoms with E-state index < -0.39 is 0 Å². The van der Waals surface area contributed by atoms with E-state index in [1.165, 1.54) is 0 Å². The fourth-order valence-electron chi connectivity index (χ4n) is 1.58. The fraction of sp³-hybridized carbons (Fsp3) is 0.533. The maximum Gasteiger partial charge on any atom is 0.161 e. The number of benzene rings is 1. The third-order valence-corrected chi connectivity index (χ3v) is 2.70. The van der Waals surface area contributed by atoms with Gasteiger partial charge in [-0.15, -0.1) is 0 Å². The smallest absolute Gasteiger partial charge is 0.161 e. The molecule has 0 amide bonds. The van der Waals surface area contributed by atoms with Crippen LogP contribution in [0.15, 0.2) is 18.2 Å². The summed E-state index contributed by atoms with van der Waals surface area (Å²) in [5, 5.41) is 0. The first-order valence-electron chi connectivity index (χ1n) is 6.81. The Bertz CT molecular complexity index is 435. The molecule has 0 heterocycles. The minimum Gasteiger partial charge on any atom is -0.490 e. The summed E-state index contributed by atoms with van der Waals surface area (Å²) in [5.41, 5.74) is 6.38. The Kier molecular flexibility index (Phi) is 7.33. The second-order valence-corrected chi connectivity index (χ2v) is 5.22. The number of thiocarbonyl (C=S) groups is 1. The molecule has 0 atom stereocenters. The van der Waals surface area contributed by atoms with Gasteiger partial charge in [0, 0.05) is 12.2 Å². The monoisotopic (exact) mass is 297 g/mol. The van der Waals surface area contributed by atoms with Crippen LogP contribution in [0.2, 0.25) is 0 Å². The van der Waals surface area contributed by atoms with Crippen LogP contribution < -0.4 is 15.2 Å². The maximum atomic E-state index is 5.67. The van der Waals surface area contributed by atoms with Gasteiger partial charge in [0.2, 0.25) is 0 Å². The Morgan fingerprint density at radius 3 is 2.55 bits per heavy atom. The third kappa shape index (κ3) is 5.75. The van der Waals surface area contributed by atoms with Gasteiger partial charge in [0.25, 0.3) is 0 Å². The predicted octanol–water partition coefficient (Wildman–Crippen LogP) is 2.77. The molecular weight excluding hydrogens is 274 g/mol. The van der Waals surface area contributed by atoms with Crippen LogP contribution in [-0.4, -0.2) is 31.4 Å². The summed E-state index contributed by atoms with van der Waals surface area (Å²) >= 11 is 4.96. The molecule has 0 saturated carbocycles. The molecular formula is C15H23NO3S. The topological polar surface area (TPSA) is 53.7 Å². The highest BCUT2D eigenvalue weighted by atomic mass is 32.1. The minimum absolute atomic E-state index is 0.345. The molecule has 0 unspecified atom stereocenters. The van der Waals surface area contributed by atoms with Crippen molar-refractivity contribution in [3.63, 3.8) is 0 Å². The first-order valence-corrected chi connectivity index (χ1v) is 7.22. The van der Waals surface area contributed by atoms with Crippen molar-refractivity contribution in [2.45, 2.75) is 20.8 Å². The number of hydrogen-bond acceptors (Lipinski definition) is 4. The van der Waals surface area contributed by atoms with E-state index in [2.05, 4.69) is 13.8 Å². The Labute approximate surface area is 126 Å². The number of hydrogen-bond donors (Lipinski definition) is 1. The summed E-state index contributed by atoms with van der Waals surface area (Å²) in [6.45, 7) is 8.48. The van der Waals surface area contributed by atoms with Gasteiger partial charge in [0.15, 0.2) is 11.5 Å². The van der Waals surface area contributed by atoms with E-state index in [9.17, 15) is 0 Å². The second-order valence-electron chi connectivity index (χ2n) is 4.78. The summed E-state index contributed by atoms with van der Waals surface area (Å²) in [4.78, 5) is 0.345. The molecule has 0 aliphatic carbocycles. The van der Waals surface area contributed by atoms with Crippen LogP contribution in [-0.2, 0) is 4.74 Å². The normalized spacial score (nSPS) is 10.6. The molecule has 5 heteroatoms. The van der Waals surface area contributed by atoms with E-state index in [-0.39, 0.29) is 0 Å². The lowest BCUT2D eigenvalue weighted by Crippen LogP contribution is -2.12. The van der Waals surface area contributed by atoms with Crippen molar-refractivity contribution in [2.75, 3.05) is 26.4 Å². The lowest BCUT2D eigenvalue weighted by Gasteiger charge is -2.13. The molecule has 20 heavy (non-hydrogen) atoms. The average molecular weight is 297 g/mol. The van der Waals surface area contributed by atoms with E-state index in [4.69, 9.17) is 32.2 Å². The first kappa shape index (κ1) is 16.7. The van der Waals surface area contributed by atoms with Crippen LogP contribution in [0.25, 0.3) is 0 Å². The van der Waals surface area contributed by atoms with Gasteiger partial charge in [-0.3, -0.25) is 0 Å². The Morgan fingerprint density at radius 1 is 1.20 bits per heavy atom. The average Bonchev–Trinajstić information content (AvgIpc) is 2.39. The first-order chi connectivity index (χ1) is 9.54. The van der Waals surface area contributed by atoms with Crippen LogP contribution in [0.1, 0.15) is 26.3 Å². The number of nitrogens with two attached hydrogens (primary N) is 1. The molecule has 0 fully saturated rings. The molecule has 0 radical (unpaired) electrons. The van der Waals surface area contributed by atoms with Crippen LogP contribution in [0.5, 0.6) is 11.5 Å². The summed E-state index contributed by atoms with van der Waals surface area (Å²) < 4.78 is 16.7. The highest BCUT2D eigenvalue weighted by molar-refractivity contribution is 7.80. The zero-order chi connectivity index (χ0) is 15.0. The van der Waals surface area contributed by atoms with Gasteiger partial charge < -0.3 is 19.9 Å². The van der Waals surface area contributed by atoms with Crippen LogP contribution in [0, 0.1) is 5.92 Å². The Morgan fingerprint density at radius 2 is 1.95 bits per heavy atom. The van der Waals surface area contributed by atoms with E-state index in [0.29, 0.717) is 42.2 Å². The van der Waals surface area contributed by atoms with E-state index in [0.717, 1.165) is 12.2 Å². The van der Waals surface area contributed by atoms with Crippen molar-refractivity contribution < 1.29 is 14.2 Å². The third-order valence-electron chi connectivity index (χ3n) is 2.46. The van der Waals surface area contributed by atoms with Crippen molar-refractivity contribution in [3.8, 4) is 11.5 Å². The highest BCUT2D eigenvalue weighted by Gasteiger charge is 2.08. The van der Waals surface area contributed by atoms with Crippen LogP contribution in [0.3, 0.4) is 0 Å². The summed E-state index contributed by atoms with van der Waals surface area (Å²) in [5.74, 6) is 1.86. The SMILES string of the molecule is CCOc1cc(C(N)=S)ccc1OCCOCC(C)C. The molecule has 1 aromatic carbocycles. The Balaban J connectivity index is 2.57. The van der Waals surface area contributed by atoms with E-state index in [1.54, 1.807) is 6.07 Å². The molecule has 2 N–H and O–H groups in total. The lowest BCUT2D eigenvalue weighted by atomic mass is 10.2. The maximum absolute atomic E-state index is 5.67. The van der Waals surface area contributed by atoms with Gasteiger partial charge >= 0.3 is 0 Å². The predicted molar refractivity (Wildman–Crippen MR) is 84.7 cm³/mol. The minimum atomic E-state index is 0.345. The number of rotatable bonds is 9. The molecule has 0 spiro atoms. The zero-order valence-corrected chi connectivity index (χ0v) is 13.2. The summed E-state index contributed by atoms with van der Waals surface area (Å²) in [7, 11) is 0. The molecule has 0 aliphatic rings. The molecule has 0 saturated heterocycles. The van der Waals surface area contributed by atoms with Crippen molar-refractivity contribution in [1.82, 2.24) is 0 Å². The largest absolute Gasteiger partial charge is 0.490 e. The molecule has 112 valence electrons. The molecule has 0 bridgehead atoms. The Hall–Kier alpha value is -1.33. The van der Waals surface area contributed by atoms with Crippen molar-refractivity contribution >= 4 is 17.2 Å². The highest BCUT2D eigenvalue weighted by Crippen LogP contribution is 2.28. The van der Waals surface area contributed by atoms with Crippen molar-refractivity contribution in [3.05, 3.63) is 23.8 Å². The number of ether oxygens (including phenoxy) is 3. The lowest BCUT2D eigenvalue weighted by molar-refractivity contribution is 0.0808. The van der Waals surface area contributed by atoms with E-state index in [1.807, 2.05) is 19.1 Å². The molecule has 1 aromatic rings. The van der Waals surface area contributed by atoms with E-state index >= 15 is 0 Å². The standard InChI is InChI=1S/C15H23NO3S/c1-4-18-14-9-12(15(16)20)5-6-13(14)19-8-7-17-10-11(2)3/h5-6,9,11H,4,7-8,10H2,1-3H3,(H2,16,20). The van der Waals surface area contributed by atoms with Gasteiger partial charge in [-0.25, -0.2) is 0 Å². The quantitative estimate of drug-likeness (QED) is 0.561. The second kappa shape index (κ2) is 8.76. The zero-order valence-electron chi connectivity index (χ0n) is 12.3. The van der Waals surface area contributed by atoms with Gasteiger partial charge in [-0.2, -0.15) is 0 Å². The molecule has 1 rings (SSSR count). The summed E-state index contributed by atoms with van der Waals surface area (Å²) in [6.07, 6.45) is 0. The molecule has 0 aliphatic heterocycles. The molecule has 4 nitrogen and oxygen atoms in total. The van der Waals surface area contributed by atoms with Gasteiger partial charge in [-0.1, -0.05) is 26.1 Å².